The number of benzene rings is 2. The van der Waals surface area contributed by atoms with Gasteiger partial charge in [-0.05, 0) is 77.6 Å². The number of allylic oxidation sites excluding steroid dienone is 1. The van der Waals surface area contributed by atoms with Gasteiger partial charge in [-0.3, -0.25) is 9.36 Å². The molecule has 3 atom stereocenters. The van der Waals surface area contributed by atoms with Crippen molar-refractivity contribution in [1.82, 2.24) is 39.7 Å². The second kappa shape index (κ2) is 8.43. The van der Waals surface area contributed by atoms with E-state index in [0.717, 1.165) is 41.8 Å². The van der Waals surface area contributed by atoms with Gasteiger partial charge in [0.05, 0.1) is 23.1 Å². The van der Waals surface area contributed by atoms with Crippen molar-refractivity contribution in [1.29, 1.82) is 0 Å². The van der Waals surface area contributed by atoms with Crippen molar-refractivity contribution in [3.05, 3.63) is 99.5 Å². The molecule has 3 unspecified atom stereocenters. The van der Waals surface area contributed by atoms with Crippen molar-refractivity contribution < 1.29 is 4.39 Å². The van der Waals surface area contributed by atoms with Crippen LogP contribution in [0.2, 0.25) is 5.02 Å². The Kier molecular flexibility index (Phi) is 4.90. The van der Waals surface area contributed by atoms with Crippen molar-refractivity contribution in [2.75, 3.05) is 5.32 Å². The Bertz CT molecular complexity index is 1910. The number of aromatic amines is 1. The molecule has 1 fully saturated rings. The van der Waals surface area contributed by atoms with Crippen molar-refractivity contribution in [2.45, 2.75) is 31.2 Å². The molecule has 3 aliphatic rings. The number of nitrogens with zero attached hydrogens (tertiary/aromatic N) is 7. The van der Waals surface area contributed by atoms with E-state index in [1.807, 2.05) is 18.2 Å². The number of hydrogen-bond acceptors (Lipinski definition) is 7. The summed E-state index contributed by atoms with van der Waals surface area (Å²) < 4.78 is 18.5. The molecule has 2 aromatic carbocycles. The maximum absolute atomic E-state index is 15.4. The first-order valence-electron chi connectivity index (χ1n) is 12.9. The highest BCUT2D eigenvalue weighted by Crippen LogP contribution is 2.60. The molecule has 10 nitrogen and oxygen atoms in total. The summed E-state index contributed by atoms with van der Waals surface area (Å²) >= 11 is 6.31. The van der Waals surface area contributed by atoms with Gasteiger partial charge in [-0.2, -0.15) is 9.07 Å². The number of aromatic nitrogens is 8. The minimum atomic E-state index is -0.602. The largest absolute Gasteiger partial charge is 0.359 e. The number of tetrazole rings is 1. The molecule has 3 aromatic heterocycles. The lowest BCUT2D eigenvalue weighted by Gasteiger charge is -2.20. The monoisotopic (exact) mass is 553 g/mol. The van der Waals surface area contributed by atoms with Gasteiger partial charge in [-0.1, -0.05) is 18.2 Å². The van der Waals surface area contributed by atoms with Gasteiger partial charge >= 0.3 is 0 Å². The van der Waals surface area contributed by atoms with Crippen LogP contribution in [-0.4, -0.2) is 39.7 Å². The fourth-order valence-corrected chi connectivity index (χ4v) is 6.25. The number of anilines is 1. The van der Waals surface area contributed by atoms with Crippen LogP contribution in [-0.2, 0) is 6.42 Å². The zero-order chi connectivity index (χ0) is 27.1. The summed E-state index contributed by atoms with van der Waals surface area (Å²) in [5.41, 5.74) is 5.68. The van der Waals surface area contributed by atoms with Crippen molar-refractivity contribution in [2.24, 2.45) is 5.92 Å². The predicted molar refractivity (Wildman–Crippen MR) is 146 cm³/mol. The van der Waals surface area contributed by atoms with Gasteiger partial charge in [-0.15, -0.1) is 5.10 Å². The van der Waals surface area contributed by atoms with Crippen LogP contribution in [0, 0.1) is 11.9 Å². The maximum atomic E-state index is 15.4. The fourth-order valence-electron chi connectivity index (χ4n) is 6.07. The molecule has 12 heteroatoms. The molecule has 2 aliphatic heterocycles. The van der Waals surface area contributed by atoms with Crippen LogP contribution in [0.15, 0.2) is 65.9 Å². The zero-order valence-electron chi connectivity index (χ0n) is 21.0. The normalized spacial score (nSPS) is 20.6. The second-order valence-corrected chi connectivity index (χ2v) is 10.9. The van der Waals surface area contributed by atoms with Crippen LogP contribution >= 0.6 is 11.6 Å². The molecule has 1 saturated carbocycles. The van der Waals surface area contributed by atoms with E-state index in [0.29, 0.717) is 39.3 Å². The van der Waals surface area contributed by atoms with E-state index in [1.54, 1.807) is 22.8 Å². The number of nitrogens with one attached hydrogen (secondary N) is 2. The molecule has 0 amide bonds. The topological polar surface area (TPSA) is 119 Å². The number of halogens is 2. The lowest BCUT2D eigenvalue weighted by Crippen LogP contribution is -2.27. The number of rotatable bonds is 4. The summed E-state index contributed by atoms with van der Waals surface area (Å²) in [6.45, 7) is 4.00. The number of H-pyrrole nitrogens is 1. The standard InChI is InChI=1S/C28H21ClFN9O/c1-13-2-3-14-8-15(4-6-20(14)32-13)27-34-24(26(30)35-27)25-17-10-18(17)28-33-21(11-23(40)39(25)28)19-9-16(29)5-7-22(19)38-12-31-36-37-38/h4-9,11-12,17-18,25,32H,1-3,10H2,(H,34,35). The summed E-state index contributed by atoms with van der Waals surface area (Å²) in [4.78, 5) is 25.9. The van der Waals surface area contributed by atoms with E-state index in [-0.39, 0.29) is 17.4 Å². The summed E-state index contributed by atoms with van der Waals surface area (Å²) in [6.07, 6.45) is 3.99. The van der Waals surface area contributed by atoms with Crippen LogP contribution in [0.4, 0.5) is 10.1 Å². The fraction of sp³-hybridized carbons (Fsp3) is 0.214. The zero-order valence-corrected chi connectivity index (χ0v) is 21.7. The molecule has 0 saturated heterocycles. The van der Waals surface area contributed by atoms with Crippen LogP contribution < -0.4 is 10.9 Å². The first-order valence-corrected chi connectivity index (χ1v) is 13.3. The molecule has 2 N–H and O–H groups in total. The van der Waals surface area contributed by atoms with E-state index in [4.69, 9.17) is 16.6 Å². The minimum Gasteiger partial charge on any atom is -0.359 e. The van der Waals surface area contributed by atoms with Gasteiger partial charge < -0.3 is 10.3 Å². The summed E-state index contributed by atoms with van der Waals surface area (Å²) in [5, 5.41) is 15.2. The quantitative estimate of drug-likeness (QED) is 0.332. The molecular formula is C28H21ClFN9O. The van der Waals surface area contributed by atoms with Gasteiger partial charge in [-0.25, -0.2) is 9.97 Å². The molecule has 1 aliphatic carbocycles. The Morgan fingerprint density at radius 3 is 2.85 bits per heavy atom. The molecule has 0 bridgehead atoms. The average Bonchev–Trinajstić information content (AvgIpc) is 3.23. The molecule has 40 heavy (non-hydrogen) atoms. The van der Waals surface area contributed by atoms with E-state index >= 15 is 4.39 Å². The third-order valence-electron chi connectivity index (χ3n) is 8.03. The predicted octanol–water partition coefficient (Wildman–Crippen LogP) is 4.65. The number of hydrogen-bond donors (Lipinski definition) is 2. The van der Waals surface area contributed by atoms with Crippen molar-refractivity contribution in [3.63, 3.8) is 0 Å². The highest BCUT2D eigenvalue weighted by Gasteiger charge is 2.56. The smallest absolute Gasteiger partial charge is 0.254 e. The maximum Gasteiger partial charge on any atom is 0.254 e. The van der Waals surface area contributed by atoms with E-state index in [2.05, 4.69) is 37.4 Å². The third kappa shape index (κ3) is 3.54. The van der Waals surface area contributed by atoms with Gasteiger partial charge in [0, 0.05) is 39.5 Å². The first kappa shape index (κ1) is 23.3. The van der Waals surface area contributed by atoms with E-state index in [9.17, 15) is 4.79 Å². The Morgan fingerprint density at radius 1 is 1.10 bits per heavy atom. The Labute approximate surface area is 231 Å². The van der Waals surface area contributed by atoms with Crippen molar-refractivity contribution in [3.8, 4) is 28.3 Å². The highest BCUT2D eigenvalue weighted by molar-refractivity contribution is 6.31. The number of fused-ring (bicyclic) bond motifs is 4. The third-order valence-corrected chi connectivity index (χ3v) is 8.27. The lowest BCUT2D eigenvalue weighted by molar-refractivity contribution is 0.479. The SMILES string of the molecule is C=C1CCc2cc(-c3nc(F)c(C4C5CC5c5nc(-c6cc(Cl)ccc6-n6cnnn6)cc(=O)n54)[nH]3)ccc2N1. The van der Waals surface area contributed by atoms with Crippen molar-refractivity contribution >= 4 is 17.3 Å². The van der Waals surface area contributed by atoms with Gasteiger partial charge in [0.25, 0.3) is 5.56 Å². The molecule has 0 radical (unpaired) electrons. The van der Waals surface area contributed by atoms with Gasteiger partial charge in [0.2, 0.25) is 5.95 Å². The molecule has 8 rings (SSSR count). The molecule has 5 heterocycles. The Balaban J connectivity index is 1.19. The second-order valence-electron chi connectivity index (χ2n) is 10.5. The number of imidazole rings is 1. The Hall–Kier alpha value is -4.64. The molecule has 198 valence electrons. The van der Waals surface area contributed by atoms with E-state index < -0.39 is 12.0 Å². The lowest BCUT2D eigenvalue weighted by atomic mass is 9.99. The Morgan fingerprint density at radius 2 is 2.00 bits per heavy atom. The highest BCUT2D eigenvalue weighted by atomic mass is 35.5. The van der Waals surface area contributed by atoms with E-state index in [1.165, 1.54) is 17.1 Å². The first-order chi connectivity index (χ1) is 19.4. The summed E-state index contributed by atoms with van der Waals surface area (Å²) in [7, 11) is 0. The summed E-state index contributed by atoms with van der Waals surface area (Å²) in [6, 6.07) is 12.1. The van der Waals surface area contributed by atoms with Crippen LogP contribution in [0.5, 0.6) is 0 Å². The van der Waals surface area contributed by atoms with Gasteiger partial charge in [0.15, 0.2) is 0 Å². The van der Waals surface area contributed by atoms with Crippen LogP contribution in [0.3, 0.4) is 0 Å². The molecular weight excluding hydrogens is 533 g/mol. The van der Waals surface area contributed by atoms with Crippen LogP contribution in [0.25, 0.3) is 28.3 Å². The minimum absolute atomic E-state index is 0.0578. The van der Waals surface area contributed by atoms with Crippen LogP contribution in [0.1, 0.15) is 41.9 Å². The number of aryl methyl sites for hydroxylation is 1. The summed E-state index contributed by atoms with van der Waals surface area (Å²) in [5.74, 6) is 0.594. The average molecular weight is 554 g/mol. The van der Waals surface area contributed by atoms with Gasteiger partial charge in [0.1, 0.15) is 18.0 Å². The molecule has 0 spiro atoms. The molecule has 5 aromatic rings.